The van der Waals surface area contributed by atoms with E-state index >= 15 is 0 Å². The van der Waals surface area contributed by atoms with Gasteiger partial charge in [0.05, 0.1) is 0 Å². The zero-order valence-electron chi connectivity index (χ0n) is 9.21. The van der Waals surface area contributed by atoms with Gasteiger partial charge in [0, 0.05) is 34.4 Å². The summed E-state index contributed by atoms with van der Waals surface area (Å²) in [5.41, 5.74) is 0.502. The summed E-state index contributed by atoms with van der Waals surface area (Å²) in [4.78, 5) is 23.5. The van der Waals surface area contributed by atoms with Crippen LogP contribution in [-0.2, 0) is 4.79 Å². The number of hydrogen-bond donors (Lipinski definition) is 0. The maximum atomic E-state index is 12.2. The van der Waals surface area contributed by atoms with Gasteiger partial charge in [0.25, 0.3) is 0 Å². The van der Waals surface area contributed by atoms with Crippen LogP contribution in [0.4, 0.5) is 0 Å². The molecule has 0 N–H and O–H groups in total. The van der Waals surface area contributed by atoms with E-state index in [1.807, 2.05) is 0 Å². The summed E-state index contributed by atoms with van der Waals surface area (Å²) in [5, 5.41) is 0.894. The number of ketones is 2. The van der Waals surface area contributed by atoms with E-state index in [4.69, 9.17) is 23.2 Å². The number of halogens is 2. The van der Waals surface area contributed by atoms with Gasteiger partial charge in [0.15, 0.2) is 5.78 Å². The fraction of sp³-hybridized carbons (Fsp3) is 0.385. The van der Waals surface area contributed by atoms with Crippen molar-refractivity contribution in [2.75, 3.05) is 0 Å². The number of rotatable bonds is 2. The van der Waals surface area contributed by atoms with E-state index in [0.717, 1.165) is 12.8 Å². The highest BCUT2D eigenvalue weighted by molar-refractivity contribution is 6.35. The highest BCUT2D eigenvalue weighted by atomic mass is 35.5. The zero-order chi connectivity index (χ0) is 12.4. The van der Waals surface area contributed by atoms with Crippen molar-refractivity contribution in [3.05, 3.63) is 33.8 Å². The van der Waals surface area contributed by atoms with Crippen molar-refractivity contribution in [1.29, 1.82) is 0 Å². The van der Waals surface area contributed by atoms with Crippen LogP contribution >= 0.6 is 23.2 Å². The zero-order valence-corrected chi connectivity index (χ0v) is 10.7. The molecule has 17 heavy (non-hydrogen) atoms. The second-order valence-electron chi connectivity index (χ2n) is 4.35. The fourth-order valence-electron chi connectivity index (χ4n) is 2.18. The van der Waals surface area contributed by atoms with E-state index in [1.165, 1.54) is 0 Å². The lowest BCUT2D eigenvalue weighted by Crippen LogP contribution is -2.22. The van der Waals surface area contributed by atoms with Crippen molar-refractivity contribution in [2.24, 2.45) is 5.92 Å². The molecule has 0 spiro atoms. The molecule has 1 unspecified atom stereocenters. The summed E-state index contributed by atoms with van der Waals surface area (Å²) < 4.78 is 0. The van der Waals surface area contributed by atoms with Crippen LogP contribution in [0.5, 0.6) is 0 Å². The molecule has 1 saturated carbocycles. The molecule has 0 aliphatic heterocycles. The predicted octanol–water partition coefficient (Wildman–Crippen LogP) is 3.94. The highest BCUT2D eigenvalue weighted by Gasteiger charge is 2.26. The fourth-order valence-corrected chi connectivity index (χ4v) is 2.71. The lowest BCUT2D eigenvalue weighted by Gasteiger charge is -2.19. The Bertz CT molecular complexity index is 448. The Morgan fingerprint density at radius 2 is 1.82 bits per heavy atom. The number of Topliss-reactive ketones (excluding diaryl/α,β-unsaturated/α-hetero) is 2. The highest BCUT2D eigenvalue weighted by Crippen LogP contribution is 2.27. The lowest BCUT2D eigenvalue weighted by molar-refractivity contribution is -0.121. The Morgan fingerprint density at radius 1 is 1.18 bits per heavy atom. The minimum atomic E-state index is -0.203. The molecule has 1 atom stereocenters. The molecule has 90 valence electrons. The SMILES string of the molecule is O=C1CCCC(C(=O)c2cc(Cl)cc(Cl)c2)C1. The Kier molecular flexibility index (Phi) is 3.85. The summed E-state index contributed by atoms with van der Waals surface area (Å²) in [6.45, 7) is 0. The Hall–Kier alpha value is -0.860. The molecule has 0 heterocycles. The summed E-state index contributed by atoms with van der Waals surface area (Å²) >= 11 is 11.7. The third kappa shape index (κ3) is 3.08. The van der Waals surface area contributed by atoms with Gasteiger partial charge in [-0.1, -0.05) is 23.2 Å². The van der Waals surface area contributed by atoms with Gasteiger partial charge in [-0.25, -0.2) is 0 Å². The van der Waals surface area contributed by atoms with Crippen molar-refractivity contribution in [2.45, 2.75) is 25.7 Å². The summed E-state index contributed by atoms with van der Waals surface area (Å²) in [5.74, 6) is -0.0593. The normalized spacial score (nSPS) is 20.4. The largest absolute Gasteiger partial charge is 0.300 e. The van der Waals surface area contributed by atoms with Gasteiger partial charge >= 0.3 is 0 Å². The van der Waals surface area contributed by atoms with Gasteiger partial charge in [0.2, 0.25) is 0 Å². The molecule has 0 radical (unpaired) electrons. The molecule has 0 amide bonds. The van der Waals surface area contributed by atoms with Crippen LogP contribution in [0.15, 0.2) is 18.2 Å². The van der Waals surface area contributed by atoms with E-state index in [-0.39, 0.29) is 17.5 Å². The summed E-state index contributed by atoms with van der Waals surface area (Å²) in [7, 11) is 0. The monoisotopic (exact) mass is 270 g/mol. The molecule has 1 aliphatic carbocycles. The van der Waals surface area contributed by atoms with Crippen LogP contribution in [0.3, 0.4) is 0 Å². The van der Waals surface area contributed by atoms with Gasteiger partial charge in [-0.05, 0) is 31.0 Å². The molecule has 4 heteroatoms. The van der Waals surface area contributed by atoms with Crippen LogP contribution in [0.25, 0.3) is 0 Å². The van der Waals surface area contributed by atoms with Crippen molar-refractivity contribution >= 4 is 34.8 Å². The lowest BCUT2D eigenvalue weighted by atomic mass is 9.83. The predicted molar refractivity (Wildman–Crippen MR) is 67.8 cm³/mol. The Balaban J connectivity index is 2.21. The molecule has 0 saturated heterocycles. The van der Waals surface area contributed by atoms with Crippen molar-refractivity contribution in [3.8, 4) is 0 Å². The van der Waals surface area contributed by atoms with Gasteiger partial charge in [-0.15, -0.1) is 0 Å². The van der Waals surface area contributed by atoms with Crippen molar-refractivity contribution in [3.63, 3.8) is 0 Å². The second kappa shape index (κ2) is 5.19. The van der Waals surface area contributed by atoms with Crippen LogP contribution in [0.2, 0.25) is 10.0 Å². The van der Waals surface area contributed by atoms with Crippen molar-refractivity contribution < 1.29 is 9.59 Å². The summed E-state index contributed by atoms with van der Waals surface area (Å²) in [6, 6.07) is 4.80. The van der Waals surface area contributed by atoms with Gasteiger partial charge in [-0.3, -0.25) is 9.59 Å². The first-order valence-electron chi connectivity index (χ1n) is 5.58. The number of carbonyl (C=O) groups excluding carboxylic acids is 2. The third-order valence-electron chi connectivity index (χ3n) is 3.00. The molecular formula is C13H12Cl2O2. The minimum absolute atomic E-state index is 0.0255. The average Bonchev–Trinajstić information content (AvgIpc) is 2.26. The van der Waals surface area contributed by atoms with Gasteiger partial charge in [-0.2, -0.15) is 0 Å². The first-order valence-corrected chi connectivity index (χ1v) is 6.34. The van der Waals surface area contributed by atoms with Crippen LogP contribution in [0, 0.1) is 5.92 Å². The van der Waals surface area contributed by atoms with E-state index in [0.29, 0.717) is 28.5 Å². The van der Waals surface area contributed by atoms with E-state index in [1.54, 1.807) is 18.2 Å². The molecule has 2 rings (SSSR count). The maximum absolute atomic E-state index is 12.2. The first kappa shape index (κ1) is 12.6. The van der Waals surface area contributed by atoms with Crippen LogP contribution in [-0.4, -0.2) is 11.6 Å². The molecule has 0 bridgehead atoms. The second-order valence-corrected chi connectivity index (χ2v) is 5.23. The molecule has 1 aromatic rings. The van der Waals surface area contributed by atoms with E-state index in [2.05, 4.69) is 0 Å². The average molecular weight is 271 g/mol. The molecule has 1 aromatic carbocycles. The minimum Gasteiger partial charge on any atom is -0.300 e. The maximum Gasteiger partial charge on any atom is 0.166 e. The molecule has 1 fully saturated rings. The van der Waals surface area contributed by atoms with E-state index < -0.39 is 0 Å². The number of benzene rings is 1. The number of carbonyl (C=O) groups is 2. The first-order chi connectivity index (χ1) is 8.06. The van der Waals surface area contributed by atoms with E-state index in [9.17, 15) is 9.59 Å². The quantitative estimate of drug-likeness (QED) is 0.763. The molecule has 1 aliphatic rings. The Labute approximate surface area is 110 Å². The van der Waals surface area contributed by atoms with Crippen LogP contribution in [0.1, 0.15) is 36.0 Å². The third-order valence-corrected chi connectivity index (χ3v) is 3.44. The summed E-state index contributed by atoms with van der Waals surface area (Å²) in [6.07, 6.45) is 2.52. The standard InChI is InChI=1S/C13H12Cl2O2/c14-10-4-9(5-11(15)7-10)13(17)8-2-1-3-12(16)6-8/h4-5,7-8H,1-3,6H2. The molecule has 2 nitrogen and oxygen atoms in total. The Morgan fingerprint density at radius 3 is 2.41 bits per heavy atom. The van der Waals surface area contributed by atoms with Gasteiger partial charge in [0.1, 0.15) is 5.78 Å². The van der Waals surface area contributed by atoms with Crippen molar-refractivity contribution in [1.82, 2.24) is 0 Å². The number of hydrogen-bond acceptors (Lipinski definition) is 2. The topological polar surface area (TPSA) is 34.1 Å². The molecular weight excluding hydrogens is 259 g/mol. The van der Waals surface area contributed by atoms with Gasteiger partial charge < -0.3 is 0 Å². The molecule has 0 aromatic heterocycles. The smallest absolute Gasteiger partial charge is 0.166 e. The van der Waals surface area contributed by atoms with Crippen LogP contribution < -0.4 is 0 Å².